The number of carbonyl (C=O) groups excluding carboxylic acids is 1. The van der Waals surface area contributed by atoms with E-state index >= 15 is 0 Å². The molecule has 1 saturated heterocycles. The summed E-state index contributed by atoms with van der Waals surface area (Å²) in [5.41, 5.74) is 0.327. The Hall–Kier alpha value is -2.59. The standard InChI is InChI=1S/C17H20N2O5/c1-12(24-15-5-3-2-4-13(15)10-18)17(22)19(11-16(20)21)14-6-8-23-9-7-14/h2-5,12,14H,6-9,11H2,1H3,(H,20,21). The first kappa shape index (κ1) is 17.8. The van der Waals surface area contributed by atoms with Crippen molar-refractivity contribution in [3.8, 4) is 11.8 Å². The summed E-state index contributed by atoms with van der Waals surface area (Å²) < 4.78 is 10.9. The van der Waals surface area contributed by atoms with E-state index in [2.05, 4.69) is 0 Å². The number of carboxylic acids is 1. The van der Waals surface area contributed by atoms with Gasteiger partial charge in [-0.2, -0.15) is 5.26 Å². The highest BCUT2D eigenvalue weighted by atomic mass is 16.5. The number of para-hydroxylation sites is 1. The highest BCUT2D eigenvalue weighted by molar-refractivity contribution is 5.85. The Kier molecular flexibility index (Phi) is 6.15. The van der Waals surface area contributed by atoms with Crippen molar-refractivity contribution in [1.29, 1.82) is 5.26 Å². The van der Waals surface area contributed by atoms with Crippen molar-refractivity contribution in [2.45, 2.75) is 31.9 Å². The summed E-state index contributed by atoms with van der Waals surface area (Å²) in [7, 11) is 0. The Labute approximate surface area is 140 Å². The molecule has 1 unspecified atom stereocenters. The van der Waals surface area contributed by atoms with Crippen LogP contribution < -0.4 is 4.74 Å². The molecule has 7 heteroatoms. The van der Waals surface area contributed by atoms with E-state index in [0.717, 1.165) is 0 Å². The molecule has 0 saturated carbocycles. The Morgan fingerprint density at radius 2 is 2.08 bits per heavy atom. The van der Waals surface area contributed by atoms with Gasteiger partial charge in [-0.05, 0) is 31.9 Å². The maximum Gasteiger partial charge on any atom is 0.323 e. The van der Waals surface area contributed by atoms with Crippen molar-refractivity contribution in [3.05, 3.63) is 29.8 Å². The lowest BCUT2D eigenvalue weighted by Gasteiger charge is -2.34. The highest BCUT2D eigenvalue weighted by Gasteiger charge is 2.31. The zero-order chi connectivity index (χ0) is 17.5. The first-order valence-electron chi connectivity index (χ1n) is 7.78. The van der Waals surface area contributed by atoms with E-state index < -0.39 is 18.0 Å². The lowest BCUT2D eigenvalue weighted by Crippen LogP contribution is -2.50. The van der Waals surface area contributed by atoms with Crippen LogP contribution in [0.1, 0.15) is 25.3 Å². The van der Waals surface area contributed by atoms with Crippen molar-refractivity contribution in [2.75, 3.05) is 19.8 Å². The van der Waals surface area contributed by atoms with E-state index in [1.807, 2.05) is 6.07 Å². The predicted molar refractivity (Wildman–Crippen MR) is 84.4 cm³/mol. The summed E-state index contributed by atoms with van der Waals surface area (Å²) >= 11 is 0. The molecule has 1 atom stereocenters. The predicted octanol–water partition coefficient (Wildman–Crippen LogP) is 1.42. The van der Waals surface area contributed by atoms with E-state index in [1.165, 1.54) is 4.90 Å². The number of hydrogen-bond acceptors (Lipinski definition) is 5. The Bertz CT molecular complexity index is 634. The van der Waals surface area contributed by atoms with Gasteiger partial charge in [-0.1, -0.05) is 12.1 Å². The van der Waals surface area contributed by atoms with Gasteiger partial charge in [-0.15, -0.1) is 0 Å². The largest absolute Gasteiger partial charge is 0.480 e. The zero-order valence-electron chi connectivity index (χ0n) is 13.5. The second kappa shape index (κ2) is 8.31. The summed E-state index contributed by atoms with van der Waals surface area (Å²) in [4.78, 5) is 25.2. The van der Waals surface area contributed by atoms with Crippen LogP contribution >= 0.6 is 0 Å². The van der Waals surface area contributed by atoms with Crippen molar-refractivity contribution in [2.24, 2.45) is 0 Å². The smallest absolute Gasteiger partial charge is 0.323 e. The van der Waals surface area contributed by atoms with Gasteiger partial charge in [-0.3, -0.25) is 9.59 Å². The molecule has 0 spiro atoms. The van der Waals surface area contributed by atoms with Gasteiger partial charge in [0.05, 0.1) is 5.56 Å². The number of carboxylic acid groups (broad SMARTS) is 1. The minimum absolute atomic E-state index is 0.181. The van der Waals surface area contributed by atoms with Crippen LogP contribution in [0, 0.1) is 11.3 Å². The summed E-state index contributed by atoms with van der Waals surface area (Å²) in [5, 5.41) is 18.2. The van der Waals surface area contributed by atoms with Crippen LogP contribution in [0.15, 0.2) is 24.3 Å². The molecule has 0 bridgehead atoms. The molecule has 2 rings (SSSR count). The second-order valence-electron chi connectivity index (χ2n) is 5.57. The molecule has 1 N–H and O–H groups in total. The molecule has 0 aliphatic carbocycles. The number of carbonyl (C=O) groups is 2. The van der Waals surface area contributed by atoms with Crippen LogP contribution in [0.2, 0.25) is 0 Å². The fraction of sp³-hybridized carbons (Fsp3) is 0.471. The van der Waals surface area contributed by atoms with Crippen LogP contribution in [0.4, 0.5) is 0 Å². The molecule has 1 aliphatic rings. The average Bonchev–Trinajstić information content (AvgIpc) is 2.60. The molecule has 0 radical (unpaired) electrons. The lowest BCUT2D eigenvalue weighted by atomic mass is 10.1. The van der Waals surface area contributed by atoms with Gasteiger partial charge < -0.3 is 19.5 Å². The highest BCUT2D eigenvalue weighted by Crippen LogP contribution is 2.21. The quantitative estimate of drug-likeness (QED) is 0.845. The number of ether oxygens (including phenoxy) is 2. The Morgan fingerprint density at radius 3 is 2.71 bits per heavy atom. The molecule has 7 nitrogen and oxygen atoms in total. The Morgan fingerprint density at radius 1 is 1.42 bits per heavy atom. The number of hydrogen-bond donors (Lipinski definition) is 1. The van der Waals surface area contributed by atoms with Crippen LogP contribution in [-0.2, 0) is 14.3 Å². The van der Waals surface area contributed by atoms with Crippen molar-refractivity contribution in [1.82, 2.24) is 4.90 Å². The molecule has 128 valence electrons. The fourth-order valence-corrected chi connectivity index (χ4v) is 2.67. The van der Waals surface area contributed by atoms with Gasteiger partial charge in [0.2, 0.25) is 0 Å². The number of benzene rings is 1. The lowest BCUT2D eigenvalue weighted by molar-refractivity contribution is -0.151. The summed E-state index contributed by atoms with van der Waals surface area (Å²) in [6.07, 6.45) is 0.308. The monoisotopic (exact) mass is 332 g/mol. The molecule has 1 amide bonds. The molecular weight excluding hydrogens is 312 g/mol. The first-order valence-corrected chi connectivity index (χ1v) is 7.78. The van der Waals surface area contributed by atoms with E-state index in [9.17, 15) is 9.59 Å². The number of rotatable bonds is 6. The fourth-order valence-electron chi connectivity index (χ4n) is 2.67. The maximum atomic E-state index is 12.7. The molecule has 1 aromatic carbocycles. The minimum Gasteiger partial charge on any atom is -0.480 e. The first-order chi connectivity index (χ1) is 11.5. The van der Waals surface area contributed by atoms with E-state index in [1.54, 1.807) is 31.2 Å². The number of amides is 1. The number of nitrogens with zero attached hydrogens (tertiary/aromatic N) is 2. The van der Waals surface area contributed by atoms with E-state index in [4.69, 9.17) is 19.8 Å². The molecule has 1 aromatic rings. The van der Waals surface area contributed by atoms with Crippen molar-refractivity contribution in [3.63, 3.8) is 0 Å². The molecule has 1 fully saturated rings. The third-order valence-electron chi connectivity index (χ3n) is 3.88. The van der Waals surface area contributed by atoms with Gasteiger partial charge in [0.1, 0.15) is 18.4 Å². The summed E-state index contributed by atoms with van der Waals surface area (Å²) in [6.45, 7) is 2.18. The van der Waals surface area contributed by atoms with Crippen molar-refractivity contribution < 1.29 is 24.2 Å². The van der Waals surface area contributed by atoms with Crippen LogP contribution in [0.3, 0.4) is 0 Å². The average molecular weight is 332 g/mol. The van der Waals surface area contributed by atoms with Gasteiger partial charge in [0.15, 0.2) is 6.10 Å². The van der Waals surface area contributed by atoms with Gasteiger partial charge in [0, 0.05) is 19.3 Å². The van der Waals surface area contributed by atoms with E-state index in [-0.39, 0.29) is 12.6 Å². The molecule has 24 heavy (non-hydrogen) atoms. The van der Waals surface area contributed by atoms with Gasteiger partial charge in [0.25, 0.3) is 5.91 Å². The topological polar surface area (TPSA) is 99.9 Å². The number of nitriles is 1. The summed E-state index contributed by atoms with van der Waals surface area (Å²) in [5.74, 6) is -1.17. The summed E-state index contributed by atoms with van der Waals surface area (Å²) in [6, 6.07) is 8.44. The second-order valence-corrected chi connectivity index (χ2v) is 5.57. The van der Waals surface area contributed by atoms with Gasteiger partial charge in [-0.25, -0.2) is 0 Å². The maximum absolute atomic E-state index is 12.7. The molecule has 1 heterocycles. The molecule has 1 aliphatic heterocycles. The minimum atomic E-state index is -1.07. The van der Waals surface area contributed by atoms with Gasteiger partial charge >= 0.3 is 5.97 Å². The van der Waals surface area contributed by atoms with Crippen LogP contribution in [0.25, 0.3) is 0 Å². The van der Waals surface area contributed by atoms with Crippen LogP contribution in [0.5, 0.6) is 5.75 Å². The van der Waals surface area contributed by atoms with E-state index in [0.29, 0.717) is 37.4 Å². The third kappa shape index (κ3) is 4.46. The molecule has 0 aromatic heterocycles. The third-order valence-corrected chi connectivity index (χ3v) is 3.88. The normalized spacial score (nSPS) is 16.0. The zero-order valence-corrected chi connectivity index (χ0v) is 13.5. The SMILES string of the molecule is CC(Oc1ccccc1C#N)C(=O)N(CC(=O)O)C1CCOCC1. The molecular formula is C17H20N2O5. The van der Waals surface area contributed by atoms with Crippen molar-refractivity contribution >= 4 is 11.9 Å². The Balaban J connectivity index is 2.12. The van der Waals surface area contributed by atoms with Crippen LogP contribution in [-0.4, -0.2) is 53.8 Å². The number of aliphatic carboxylic acids is 1.